The fraction of sp³-hybridized carbons (Fsp3) is 0.562. The summed E-state index contributed by atoms with van der Waals surface area (Å²) in [7, 11) is 0. The molecule has 0 aromatic heterocycles. The smallest absolute Gasteiger partial charge is 0.241 e. The van der Waals surface area contributed by atoms with Crippen LogP contribution in [0.2, 0.25) is 0 Å². The highest BCUT2D eigenvalue weighted by Gasteiger charge is 2.27. The van der Waals surface area contributed by atoms with Crippen molar-refractivity contribution in [1.29, 1.82) is 0 Å². The van der Waals surface area contributed by atoms with Gasteiger partial charge < -0.3 is 16.2 Å². The first kappa shape index (κ1) is 15.0. The summed E-state index contributed by atoms with van der Waals surface area (Å²) in [6.45, 7) is 2.13. The van der Waals surface area contributed by atoms with Crippen LogP contribution in [-0.4, -0.2) is 23.7 Å². The third-order valence-corrected chi connectivity index (χ3v) is 4.19. The van der Waals surface area contributed by atoms with Crippen molar-refractivity contribution >= 4 is 5.91 Å². The van der Waals surface area contributed by atoms with Crippen LogP contribution in [0.4, 0.5) is 0 Å². The number of hydrogen-bond donors (Lipinski definition) is 3. The van der Waals surface area contributed by atoms with Gasteiger partial charge >= 0.3 is 0 Å². The first-order valence-corrected chi connectivity index (χ1v) is 7.35. The lowest BCUT2D eigenvalue weighted by atomic mass is 9.85. The van der Waals surface area contributed by atoms with E-state index in [0.29, 0.717) is 0 Å². The maximum Gasteiger partial charge on any atom is 0.241 e. The molecule has 1 amide bonds. The summed E-state index contributed by atoms with van der Waals surface area (Å²) in [5.41, 5.74) is 7.99. The molecule has 1 aromatic rings. The minimum atomic E-state index is -0.642. The fourth-order valence-electron chi connectivity index (χ4n) is 2.81. The van der Waals surface area contributed by atoms with E-state index in [1.54, 1.807) is 0 Å². The maximum atomic E-state index is 12.2. The molecule has 1 aromatic carbocycles. The minimum Gasteiger partial charge on any atom is -0.396 e. The van der Waals surface area contributed by atoms with E-state index in [9.17, 15) is 9.90 Å². The molecule has 1 fully saturated rings. The number of hydrogen-bond acceptors (Lipinski definition) is 3. The molecule has 4 heteroatoms. The van der Waals surface area contributed by atoms with Gasteiger partial charge in [-0.05, 0) is 25.3 Å². The number of benzene rings is 1. The van der Waals surface area contributed by atoms with Crippen LogP contribution >= 0.6 is 0 Å². The number of aryl methyl sites for hydroxylation is 1. The van der Waals surface area contributed by atoms with E-state index >= 15 is 0 Å². The number of aliphatic hydroxyl groups is 1. The zero-order valence-electron chi connectivity index (χ0n) is 12.0. The summed E-state index contributed by atoms with van der Waals surface area (Å²) >= 11 is 0. The molecular formula is C16H24N2O2. The van der Waals surface area contributed by atoms with Crippen LogP contribution < -0.4 is 11.1 Å². The summed E-state index contributed by atoms with van der Waals surface area (Å²) in [6, 6.07) is 7.11. The van der Waals surface area contributed by atoms with E-state index < -0.39 is 6.04 Å². The number of aliphatic hydroxyl groups excluding tert-OH is 1. The van der Waals surface area contributed by atoms with Gasteiger partial charge in [-0.15, -0.1) is 0 Å². The van der Waals surface area contributed by atoms with Gasteiger partial charge in [0.15, 0.2) is 0 Å². The van der Waals surface area contributed by atoms with Gasteiger partial charge in [-0.1, -0.05) is 42.7 Å². The number of rotatable bonds is 4. The molecule has 1 saturated carbocycles. The summed E-state index contributed by atoms with van der Waals surface area (Å²) in [5, 5.41) is 12.4. The standard InChI is InChI=1S/C16H24N2O2/c1-11-6-8-12(9-7-11)15(17)16(20)18-14-5-3-2-4-13(14)10-19/h6-9,13-15,19H,2-5,10,17H2,1H3,(H,18,20). The number of nitrogens with two attached hydrogens (primary N) is 1. The lowest BCUT2D eigenvalue weighted by Gasteiger charge is -2.31. The van der Waals surface area contributed by atoms with Crippen molar-refractivity contribution in [2.75, 3.05) is 6.61 Å². The molecule has 1 aliphatic rings. The van der Waals surface area contributed by atoms with Crippen molar-refractivity contribution in [3.05, 3.63) is 35.4 Å². The molecule has 0 saturated heterocycles. The molecule has 0 aliphatic heterocycles. The summed E-state index contributed by atoms with van der Waals surface area (Å²) in [5.74, 6) is 0.0112. The lowest BCUT2D eigenvalue weighted by molar-refractivity contribution is -0.124. The van der Waals surface area contributed by atoms with Gasteiger partial charge in [0.25, 0.3) is 0 Å². The van der Waals surface area contributed by atoms with E-state index in [-0.39, 0.29) is 24.5 Å². The number of amides is 1. The van der Waals surface area contributed by atoms with E-state index in [1.165, 1.54) is 0 Å². The summed E-state index contributed by atoms with van der Waals surface area (Å²) in [4.78, 5) is 12.2. The second-order valence-electron chi connectivity index (χ2n) is 5.73. The normalized spacial score (nSPS) is 24.1. The maximum absolute atomic E-state index is 12.2. The van der Waals surface area contributed by atoms with Crippen LogP contribution in [0, 0.1) is 12.8 Å². The molecule has 3 unspecified atom stereocenters. The Morgan fingerprint density at radius 2 is 2.00 bits per heavy atom. The van der Waals surface area contributed by atoms with E-state index in [4.69, 9.17) is 5.73 Å². The van der Waals surface area contributed by atoms with Gasteiger partial charge in [-0.25, -0.2) is 0 Å². The Balaban J connectivity index is 1.98. The van der Waals surface area contributed by atoms with Crippen LogP contribution in [0.15, 0.2) is 24.3 Å². The fourth-order valence-corrected chi connectivity index (χ4v) is 2.81. The largest absolute Gasteiger partial charge is 0.396 e. The predicted molar refractivity (Wildman–Crippen MR) is 79.1 cm³/mol. The molecule has 4 nitrogen and oxygen atoms in total. The van der Waals surface area contributed by atoms with Crippen molar-refractivity contribution in [1.82, 2.24) is 5.32 Å². The first-order valence-electron chi connectivity index (χ1n) is 7.35. The van der Waals surface area contributed by atoms with Crippen molar-refractivity contribution in [2.45, 2.75) is 44.7 Å². The Labute approximate surface area is 120 Å². The Kier molecular flexibility index (Phi) is 5.15. The average molecular weight is 276 g/mol. The second-order valence-corrected chi connectivity index (χ2v) is 5.73. The SMILES string of the molecule is Cc1ccc(C(N)C(=O)NC2CCCCC2CO)cc1. The van der Waals surface area contributed by atoms with Gasteiger partial charge in [-0.2, -0.15) is 0 Å². The Morgan fingerprint density at radius 1 is 1.35 bits per heavy atom. The van der Waals surface area contributed by atoms with Crippen LogP contribution in [0.1, 0.15) is 42.9 Å². The highest BCUT2D eigenvalue weighted by Crippen LogP contribution is 2.24. The molecule has 2 rings (SSSR count). The quantitative estimate of drug-likeness (QED) is 0.783. The molecule has 0 radical (unpaired) electrons. The molecule has 0 spiro atoms. The van der Waals surface area contributed by atoms with E-state index in [1.807, 2.05) is 31.2 Å². The Hall–Kier alpha value is -1.39. The zero-order chi connectivity index (χ0) is 14.5. The molecule has 3 atom stereocenters. The minimum absolute atomic E-state index is 0.0535. The number of carbonyl (C=O) groups is 1. The third-order valence-electron chi connectivity index (χ3n) is 4.19. The molecule has 4 N–H and O–H groups in total. The van der Waals surface area contributed by atoms with Crippen LogP contribution in [0.25, 0.3) is 0 Å². The van der Waals surface area contributed by atoms with Crippen molar-refractivity contribution in [3.8, 4) is 0 Å². The monoisotopic (exact) mass is 276 g/mol. The van der Waals surface area contributed by atoms with Crippen molar-refractivity contribution in [3.63, 3.8) is 0 Å². The Bertz CT molecular complexity index is 444. The highest BCUT2D eigenvalue weighted by atomic mass is 16.3. The predicted octanol–water partition coefficient (Wildman–Crippen LogP) is 1.66. The van der Waals surface area contributed by atoms with Crippen LogP contribution in [0.5, 0.6) is 0 Å². The highest BCUT2D eigenvalue weighted by molar-refractivity contribution is 5.83. The molecule has 1 aliphatic carbocycles. The third kappa shape index (κ3) is 3.58. The second kappa shape index (κ2) is 6.86. The van der Waals surface area contributed by atoms with Crippen LogP contribution in [-0.2, 0) is 4.79 Å². The van der Waals surface area contributed by atoms with Crippen molar-refractivity contribution in [2.24, 2.45) is 11.7 Å². The zero-order valence-corrected chi connectivity index (χ0v) is 12.0. The lowest BCUT2D eigenvalue weighted by Crippen LogP contribution is -2.46. The van der Waals surface area contributed by atoms with Gasteiger partial charge in [-0.3, -0.25) is 4.79 Å². The molecule has 20 heavy (non-hydrogen) atoms. The molecular weight excluding hydrogens is 252 g/mol. The number of carbonyl (C=O) groups excluding carboxylic acids is 1. The van der Waals surface area contributed by atoms with Gasteiger partial charge in [0.2, 0.25) is 5.91 Å². The Morgan fingerprint density at radius 3 is 2.65 bits per heavy atom. The topological polar surface area (TPSA) is 75.4 Å². The van der Waals surface area contributed by atoms with Gasteiger partial charge in [0, 0.05) is 18.6 Å². The number of nitrogens with one attached hydrogen (secondary N) is 1. The average Bonchev–Trinajstić information content (AvgIpc) is 2.48. The van der Waals surface area contributed by atoms with Crippen LogP contribution in [0.3, 0.4) is 0 Å². The van der Waals surface area contributed by atoms with Gasteiger partial charge in [0.1, 0.15) is 6.04 Å². The van der Waals surface area contributed by atoms with E-state index in [2.05, 4.69) is 5.32 Å². The summed E-state index contributed by atoms with van der Waals surface area (Å²) < 4.78 is 0. The molecule has 110 valence electrons. The van der Waals surface area contributed by atoms with Crippen molar-refractivity contribution < 1.29 is 9.90 Å². The molecule has 0 heterocycles. The van der Waals surface area contributed by atoms with E-state index in [0.717, 1.165) is 36.8 Å². The summed E-state index contributed by atoms with van der Waals surface area (Å²) in [6.07, 6.45) is 4.13. The first-order chi connectivity index (χ1) is 9.61. The van der Waals surface area contributed by atoms with Gasteiger partial charge in [0.05, 0.1) is 0 Å². The molecule has 0 bridgehead atoms.